The molecule has 5 aromatic rings. The molecule has 11 heteroatoms. The zero-order valence-electron chi connectivity index (χ0n) is 23.2. The van der Waals surface area contributed by atoms with Crippen molar-refractivity contribution in [3.05, 3.63) is 122 Å². The van der Waals surface area contributed by atoms with Crippen LogP contribution in [0, 0.1) is 5.82 Å². The van der Waals surface area contributed by atoms with Gasteiger partial charge in [0.25, 0.3) is 5.56 Å². The first-order valence-electron chi connectivity index (χ1n) is 13.4. The maximum absolute atomic E-state index is 14.4. The number of halogens is 4. The highest BCUT2D eigenvalue weighted by atomic mass is 19.4. The summed E-state index contributed by atoms with van der Waals surface area (Å²) in [6.07, 6.45) is -4.83. The number of alkyl halides is 3. The van der Waals surface area contributed by atoms with Crippen molar-refractivity contribution in [3.63, 3.8) is 0 Å². The van der Waals surface area contributed by atoms with Gasteiger partial charge in [0.2, 0.25) is 0 Å². The van der Waals surface area contributed by atoms with Crippen molar-refractivity contribution < 1.29 is 22.3 Å². The zero-order chi connectivity index (χ0) is 30.2. The molecule has 42 heavy (non-hydrogen) atoms. The molecular weight excluding hydrogens is 552 g/mol. The average molecular weight is 581 g/mol. The third-order valence-electron chi connectivity index (χ3n) is 6.98. The first-order chi connectivity index (χ1) is 20.0. The number of benzene rings is 3. The summed E-state index contributed by atoms with van der Waals surface area (Å²) in [6.45, 7) is 5.66. The molecule has 2 aromatic heterocycles. The van der Waals surface area contributed by atoms with E-state index in [9.17, 15) is 27.2 Å². The van der Waals surface area contributed by atoms with E-state index in [0.29, 0.717) is 10.9 Å². The molecule has 0 radical (unpaired) electrons. The number of hydrogen-bond acceptors (Lipinski definition) is 4. The Balaban J connectivity index is 1.82. The summed E-state index contributed by atoms with van der Waals surface area (Å²) >= 11 is 0. The lowest BCUT2D eigenvalue weighted by molar-refractivity contribution is -0.137. The van der Waals surface area contributed by atoms with Crippen molar-refractivity contribution in [2.45, 2.75) is 52.6 Å². The van der Waals surface area contributed by atoms with Crippen LogP contribution in [0.25, 0.3) is 22.3 Å². The number of nitrogens with zero attached hydrogens (tertiary/aromatic N) is 4. The molecule has 0 spiro atoms. The Kier molecular flexibility index (Phi) is 7.87. The molecule has 0 amide bonds. The fraction of sp³-hybridized carbons (Fsp3) is 0.258. The second kappa shape index (κ2) is 11.4. The molecule has 0 N–H and O–H groups in total. The molecule has 218 valence electrons. The SMILES string of the molecule is CCn1c(COCc2ccccc2)nn(-c2c(C(C)C)c3ccc(F)cc3c(=O)n2-c2ccccc2C(F)(F)F)c1=O. The topological polar surface area (TPSA) is 71.0 Å². The van der Waals surface area contributed by atoms with Crippen LogP contribution in [-0.4, -0.2) is 18.9 Å². The van der Waals surface area contributed by atoms with Crippen LogP contribution in [0.3, 0.4) is 0 Å². The van der Waals surface area contributed by atoms with Gasteiger partial charge in [-0.1, -0.05) is 62.4 Å². The maximum Gasteiger partial charge on any atom is 0.418 e. The van der Waals surface area contributed by atoms with Crippen LogP contribution < -0.4 is 11.2 Å². The van der Waals surface area contributed by atoms with Gasteiger partial charge >= 0.3 is 11.9 Å². The minimum atomic E-state index is -4.83. The van der Waals surface area contributed by atoms with Crippen molar-refractivity contribution in [3.8, 4) is 11.5 Å². The molecular formula is C31H28F4N4O3. The third-order valence-corrected chi connectivity index (χ3v) is 6.98. The lowest BCUT2D eigenvalue weighted by Gasteiger charge is -2.23. The van der Waals surface area contributed by atoms with Crippen molar-refractivity contribution in [1.29, 1.82) is 0 Å². The summed E-state index contributed by atoms with van der Waals surface area (Å²) in [5.41, 5.74) is -1.90. The highest BCUT2D eigenvalue weighted by Crippen LogP contribution is 2.36. The maximum atomic E-state index is 14.4. The predicted octanol–water partition coefficient (Wildman–Crippen LogP) is 6.36. The van der Waals surface area contributed by atoms with Gasteiger partial charge in [-0.3, -0.25) is 13.9 Å². The van der Waals surface area contributed by atoms with Crippen LogP contribution in [0.4, 0.5) is 17.6 Å². The van der Waals surface area contributed by atoms with E-state index in [1.807, 2.05) is 30.3 Å². The molecule has 0 fully saturated rings. The number of fused-ring (bicyclic) bond motifs is 1. The summed E-state index contributed by atoms with van der Waals surface area (Å²) in [7, 11) is 0. The van der Waals surface area contributed by atoms with Gasteiger partial charge in [0.15, 0.2) is 11.6 Å². The van der Waals surface area contributed by atoms with Crippen molar-refractivity contribution in [2.24, 2.45) is 0 Å². The molecule has 0 unspecified atom stereocenters. The first kappa shape index (κ1) is 29.0. The number of pyridine rings is 1. The van der Waals surface area contributed by atoms with E-state index in [1.165, 1.54) is 28.8 Å². The Morgan fingerprint density at radius 3 is 2.26 bits per heavy atom. The Labute approximate surface area is 238 Å². The van der Waals surface area contributed by atoms with E-state index in [-0.39, 0.29) is 36.8 Å². The summed E-state index contributed by atoms with van der Waals surface area (Å²) in [5.74, 6) is -1.04. The van der Waals surface area contributed by atoms with E-state index < -0.39 is 40.4 Å². The lowest BCUT2D eigenvalue weighted by Crippen LogP contribution is -2.33. The molecule has 7 nitrogen and oxygen atoms in total. The second-order valence-corrected chi connectivity index (χ2v) is 10.1. The number of ether oxygens (including phenoxy) is 1. The molecule has 0 aliphatic carbocycles. The van der Waals surface area contributed by atoms with Crippen LogP contribution in [-0.2, 0) is 30.7 Å². The van der Waals surface area contributed by atoms with Crippen molar-refractivity contribution in [2.75, 3.05) is 0 Å². The molecule has 5 rings (SSSR count). The van der Waals surface area contributed by atoms with Gasteiger partial charge in [-0.15, -0.1) is 5.10 Å². The van der Waals surface area contributed by atoms with Gasteiger partial charge in [-0.05, 0) is 48.1 Å². The van der Waals surface area contributed by atoms with Gasteiger partial charge in [-0.2, -0.15) is 17.9 Å². The molecule has 0 aliphatic heterocycles. The molecule has 0 atom stereocenters. The molecule has 3 aromatic carbocycles. The van der Waals surface area contributed by atoms with E-state index in [0.717, 1.165) is 33.0 Å². The summed E-state index contributed by atoms with van der Waals surface area (Å²) in [4.78, 5) is 27.8. The predicted molar refractivity (Wildman–Crippen MR) is 151 cm³/mol. The van der Waals surface area contributed by atoms with Crippen LogP contribution in [0.1, 0.15) is 49.2 Å². The summed E-state index contributed by atoms with van der Waals surface area (Å²) in [5, 5.41) is 4.69. The van der Waals surface area contributed by atoms with E-state index in [1.54, 1.807) is 20.8 Å². The quantitative estimate of drug-likeness (QED) is 0.201. The standard InChI is InChI=1S/C31H28F4N4O3/c1-4-37-26(18-42-17-20-10-6-5-7-11-20)36-39(30(37)41)28-27(19(2)3)22-15-14-21(32)16-23(22)29(40)38(28)25-13-9-8-12-24(25)31(33,34)35/h5-16,19H,4,17-18H2,1-3H3. The van der Waals surface area contributed by atoms with E-state index in [4.69, 9.17) is 4.74 Å². The highest BCUT2D eigenvalue weighted by Gasteiger charge is 2.36. The fourth-order valence-corrected chi connectivity index (χ4v) is 5.13. The van der Waals surface area contributed by atoms with Crippen LogP contribution >= 0.6 is 0 Å². The Bertz CT molecular complexity index is 1870. The van der Waals surface area contributed by atoms with Crippen LogP contribution in [0.15, 0.2) is 82.4 Å². The third kappa shape index (κ3) is 5.27. The van der Waals surface area contributed by atoms with Gasteiger partial charge in [-0.25, -0.2) is 9.18 Å². The van der Waals surface area contributed by atoms with E-state index in [2.05, 4.69) is 5.10 Å². The van der Waals surface area contributed by atoms with Gasteiger partial charge in [0.1, 0.15) is 12.4 Å². The van der Waals surface area contributed by atoms with Gasteiger partial charge < -0.3 is 4.74 Å². The van der Waals surface area contributed by atoms with Gasteiger partial charge in [0, 0.05) is 12.1 Å². The summed E-state index contributed by atoms with van der Waals surface area (Å²) in [6, 6.07) is 17.5. The second-order valence-electron chi connectivity index (χ2n) is 10.1. The van der Waals surface area contributed by atoms with Gasteiger partial charge in [0.05, 0.1) is 23.2 Å². The normalized spacial score (nSPS) is 12.0. The largest absolute Gasteiger partial charge is 0.418 e. The monoisotopic (exact) mass is 580 g/mol. The number of rotatable bonds is 8. The Morgan fingerprint density at radius 2 is 1.60 bits per heavy atom. The molecule has 0 saturated carbocycles. The molecule has 0 aliphatic rings. The Hall–Kier alpha value is -4.51. The fourth-order valence-electron chi connectivity index (χ4n) is 5.13. The first-order valence-corrected chi connectivity index (χ1v) is 13.4. The number of hydrogen-bond donors (Lipinski definition) is 0. The van der Waals surface area contributed by atoms with Crippen molar-refractivity contribution >= 4 is 10.8 Å². The molecule has 0 saturated heterocycles. The Morgan fingerprint density at radius 1 is 0.905 bits per heavy atom. The van der Waals surface area contributed by atoms with E-state index >= 15 is 0 Å². The van der Waals surface area contributed by atoms with Crippen LogP contribution in [0.5, 0.6) is 0 Å². The van der Waals surface area contributed by atoms with Crippen LogP contribution in [0.2, 0.25) is 0 Å². The number of para-hydroxylation sites is 1. The molecule has 2 heterocycles. The minimum Gasteiger partial charge on any atom is -0.369 e. The minimum absolute atomic E-state index is 0.0653. The lowest BCUT2D eigenvalue weighted by atomic mass is 9.96. The smallest absolute Gasteiger partial charge is 0.369 e. The van der Waals surface area contributed by atoms with Crippen molar-refractivity contribution in [1.82, 2.24) is 18.9 Å². The summed E-state index contributed by atoms with van der Waals surface area (Å²) < 4.78 is 66.0. The molecule has 0 bridgehead atoms. The average Bonchev–Trinajstić information content (AvgIpc) is 3.27. The zero-order valence-corrected chi connectivity index (χ0v) is 23.2. The number of aromatic nitrogens is 4. The highest BCUT2D eigenvalue weighted by molar-refractivity contribution is 5.88.